The van der Waals surface area contributed by atoms with Crippen LogP contribution in [0.25, 0.3) is 22.3 Å². The second-order valence-electron chi connectivity index (χ2n) is 5.30. The van der Waals surface area contributed by atoms with Crippen LogP contribution in [0.1, 0.15) is 12.5 Å². The lowest BCUT2D eigenvalue weighted by molar-refractivity contribution is -0.307. The Balaban J connectivity index is 2.26. The number of ether oxygens (including phenoxy) is 1. The number of rotatable bonds is 5. The van der Waals surface area contributed by atoms with E-state index in [9.17, 15) is 14.7 Å². The Morgan fingerprint density at radius 1 is 1.17 bits per heavy atom. The van der Waals surface area contributed by atoms with E-state index >= 15 is 0 Å². The Hall–Kier alpha value is -3.08. The van der Waals surface area contributed by atoms with Gasteiger partial charge in [0, 0.05) is 5.56 Å². The van der Waals surface area contributed by atoms with Crippen molar-refractivity contribution in [1.29, 1.82) is 0 Å². The van der Waals surface area contributed by atoms with Gasteiger partial charge in [0.1, 0.15) is 12.2 Å². The number of carboxylic acids is 1. The number of aliphatic carboxylic acids is 1. The minimum absolute atomic E-state index is 0.119. The van der Waals surface area contributed by atoms with Gasteiger partial charge in [0.05, 0.1) is 11.4 Å². The molecule has 0 aliphatic carbocycles. The van der Waals surface area contributed by atoms with Crippen LogP contribution in [-0.4, -0.2) is 12.6 Å². The Bertz CT molecular complexity index is 941. The smallest absolute Gasteiger partial charge is 0.235 e. The molecule has 1 aromatic heterocycles. The normalized spacial score (nSPS) is 10.7. The Labute approximate surface area is 138 Å². The van der Waals surface area contributed by atoms with Crippen LogP contribution in [0.5, 0.6) is 5.75 Å². The van der Waals surface area contributed by atoms with E-state index in [-0.39, 0.29) is 11.5 Å². The Morgan fingerprint density at radius 2 is 1.92 bits per heavy atom. The summed E-state index contributed by atoms with van der Waals surface area (Å²) >= 11 is 0. The molecule has 5 heteroatoms. The molecule has 2 aromatic carbocycles. The van der Waals surface area contributed by atoms with Crippen LogP contribution in [0.15, 0.2) is 57.7 Å². The van der Waals surface area contributed by atoms with Crippen molar-refractivity contribution in [1.82, 2.24) is 0 Å². The summed E-state index contributed by atoms with van der Waals surface area (Å²) in [4.78, 5) is 23.5. The third kappa shape index (κ3) is 3.01. The molecule has 0 saturated heterocycles. The van der Waals surface area contributed by atoms with Crippen LogP contribution in [-0.2, 0) is 11.2 Å². The highest BCUT2D eigenvalue weighted by atomic mass is 16.5. The van der Waals surface area contributed by atoms with Crippen LogP contribution < -0.4 is 15.3 Å². The standard InChI is InChI=1S/C19H16O5/c1-2-12-8-9-15-14(10-12)17(22)19(23-11-16(20)21)18(24-15)13-6-4-3-5-7-13/h3-10H,2,11H2,1H3,(H,20,21)/p-1. The molecule has 122 valence electrons. The van der Waals surface area contributed by atoms with Crippen molar-refractivity contribution in [2.45, 2.75) is 13.3 Å². The minimum Gasteiger partial charge on any atom is -0.546 e. The average molecular weight is 323 g/mol. The van der Waals surface area contributed by atoms with Gasteiger partial charge in [0.25, 0.3) is 0 Å². The lowest BCUT2D eigenvalue weighted by Gasteiger charge is -2.12. The van der Waals surface area contributed by atoms with E-state index in [4.69, 9.17) is 9.15 Å². The van der Waals surface area contributed by atoms with Gasteiger partial charge in [-0.15, -0.1) is 0 Å². The van der Waals surface area contributed by atoms with E-state index in [1.165, 1.54) is 0 Å². The van der Waals surface area contributed by atoms with Crippen LogP contribution in [0, 0.1) is 0 Å². The first-order chi connectivity index (χ1) is 11.6. The number of hydrogen-bond donors (Lipinski definition) is 0. The quantitative estimate of drug-likeness (QED) is 0.719. The maximum Gasteiger partial charge on any atom is 0.235 e. The summed E-state index contributed by atoms with van der Waals surface area (Å²) in [5, 5.41) is 11.1. The first-order valence-electron chi connectivity index (χ1n) is 7.58. The van der Waals surface area contributed by atoms with Crippen LogP contribution in [0.2, 0.25) is 0 Å². The van der Waals surface area contributed by atoms with Crippen LogP contribution in [0.4, 0.5) is 0 Å². The predicted molar refractivity (Wildman–Crippen MR) is 87.8 cm³/mol. The van der Waals surface area contributed by atoms with Gasteiger partial charge < -0.3 is 19.1 Å². The second-order valence-corrected chi connectivity index (χ2v) is 5.30. The zero-order valence-electron chi connectivity index (χ0n) is 13.1. The monoisotopic (exact) mass is 323 g/mol. The molecule has 0 N–H and O–H groups in total. The van der Waals surface area contributed by atoms with Crippen molar-refractivity contribution in [3.05, 3.63) is 64.3 Å². The maximum atomic E-state index is 12.8. The van der Waals surface area contributed by atoms with Crippen molar-refractivity contribution in [2.75, 3.05) is 6.61 Å². The van der Waals surface area contributed by atoms with Gasteiger partial charge in [-0.25, -0.2) is 0 Å². The molecule has 24 heavy (non-hydrogen) atoms. The number of carboxylic acid groups (broad SMARTS) is 1. The molecule has 0 spiro atoms. The molecule has 0 fully saturated rings. The molecule has 0 aliphatic heterocycles. The van der Waals surface area contributed by atoms with Gasteiger partial charge in [-0.1, -0.05) is 43.3 Å². The molecule has 5 nitrogen and oxygen atoms in total. The zero-order valence-corrected chi connectivity index (χ0v) is 13.1. The third-order valence-electron chi connectivity index (χ3n) is 3.69. The molecular formula is C19H15O5-. The van der Waals surface area contributed by atoms with Crippen molar-refractivity contribution in [3.8, 4) is 17.1 Å². The van der Waals surface area contributed by atoms with E-state index < -0.39 is 18.0 Å². The van der Waals surface area contributed by atoms with E-state index in [0.717, 1.165) is 12.0 Å². The predicted octanol–water partition coefficient (Wildman–Crippen LogP) is 2.15. The van der Waals surface area contributed by atoms with Gasteiger partial charge in [-0.2, -0.15) is 0 Å². The van der Waals surface area contributed by atoms with Gasteiger partial charge >= 0.3 is 0 Å². The van der Waals surface area contributed by atoms with E-state index in [1.54, 1.807) is 36.4 Å². The summed E-state index contributed by atoms with van der Waals surface area (Å²) in [6.45, 7) is 1.26. The average Bonchev–Trinajstić information content (AvgIpc) is 2.61. The van der Waals surface area contributed by atoms with E-state index in [2.05, 4.69) is 0 Å². The van der Waals surface area contributed by atoms with Gasteiger partial charge in [-0.3, -0.25) is 4.79 Å². The second kappa shape index (κ2) is 6.58. The minimum atomic E-state index is -1.41. The highest BCUT2D eigenvalue weighted by molar-refractivity contribution is 5.82. The first-order valence-corrected chi connectivity index (χ1v) is 7.58. The van der Waals surface area contributed by atoms with Gasteiger partial charge in [-0.05, 0) is 24.1 Å². The van der Waals surface area contributed by atoms with Gasteiger partial charge in [0.15, 0.2) is 5.76 Å². The number of fused-ring (bicyclic) bond motifs is 1. The van der Waals surface area contributed by atoms with Crippen LogP contribution in [0.3, 0.4) is 0 Å². The fourth-order valence-corrected chi connectivity index (χ4v) is 2.49. The molecule has 3 aromatic rings. The van der Waals surface area contributed by atoms with E-state index in [1.807, 2.05) is 19.1 Å². The fraction of sp³-hybridized carbons (Fsp3) is 0.158. The highest BCUT2D eigenvalue weighted by Crippen LogP contribution is 2.31. The van der Waals surface area contributed by atoms with E-state index in [0.29, 0.717) is 16.5 Å². The van der Waals surface area contributed by atoms with Crippen molar-refractivity contribution in [2.24, 2.45) is 0 Å². The van der Waals surface area contributed by atoms with Crippen molar-refractivity contribution in [3.63, 3.8) is 0 Å². The highest BCUT2D eigenvalue weighted by Gasteiger charge is 2.18. The molecule has 0 atom stereocenters. The SMILES string of the molecule is CCc1ccc2oc(-c3ccccc3)c(OCC(=O)[O-])c(=O)c2c1. The number of carbonyl (C=O) groups is 1. The lowest BCUT2D eigenvalue weighted by Crippen LogP contribution is -2.30. The summed E-state index contributed by atoms with van der Waals surface area (Å²) in [6, 6.07) is 14.3. The Kier molecular flexibility index (Phi) is 4.33. The zero-order chi connectivity index (χ0) is 17.1. The molecule has 0 aliphatic rings. The van der Waals surface area contributed by atoms with Crippen LogP contribution >= 0.6 is 0 Å². The lowest BCUT2D eigenvalue weighted by atomic mass is 10.1. The van der Waals surface area contributed by atoms with Crippen molar-refractivity contribution >= 4 is 16.9 Å². The largest absolute Gasteiger partial charge is 0.546 e. The Morgan fingerprint density at radius 3 is 2.58 bits per heavy atom. The molecule has 0 radical (unpaired) electrons. The summed E-state index contributed by atoms with van der Waals surface area (Å²) in [5.41, 5.74) is 1.64. The molecular weight excluding hydrogens is 308 g/mol. The molecule has 0 amide bonds. The number of hydrogen-bond acceptors (Lipinski definition) is 5. The van der Waals surface area contributed by atoms with Gasteiger partial charge in [0.2, 0.25) is 11.2 Å². The summed E-state index contributed by atoms with van der Waals surface area (Å²) in [6.07, 6.45) is 0.769. The molecule has 3 rings (SSSR count). The fourth-order valence-electron chi connectivity index (χ4n) is 2.49. The summed E-state index contributed by atoms with van der Waals surface area (Å²) < 4.78 is 11.1. The number of aryl methyl sites for hydroxylation is 1. The third-order valence-corrected chi connectivity index (χ3v) is 3.69. The summed E-state index contributed by atoms with van der Waals surface area (Å²) in [5.74, 6) is -1.32. The summed E-state index contributed by atoms with van der Waals surface area (Å²) in [7, 11) is 0. The molecule has 0 bridgehead atoms. The first kappa shape index (κ1) is 15.8. The number of benzene rings is 2. The van der Waals surface area contributed by atoms with Crippen molar-refractivity contribution < 1.29 is 19.1 Å². The molecule has 1 heterocycles. The molecule has 0 unspecified atom stereocenters. The number of carbonyl (C=O) groups excluding carboxylic acids is 1. The maximum absolute atomic E-state index is 12.8. The topological polar surface area (TPSA) is 79.6 Å². The molecule has 0 saturated carbocycles.